The summed E-state index contributed by atoms with van der Waals surface area (Å²) in [7, 11) is 0. The van der Waals surface area contributed by atoms with Crippen molar-refractivity contribution < 1.29 is 14.4 Å². The van der Waals surface area contributed by atoms with Crippen LogP contribution >= 0.6 is 11.8 Å². The molecule has 184 valence electrons. The quantitative estimate of drug-likeness (QED) is 0.492. The zero-order valence-corrected chi connectivity index (χ0v) is 21.7. The Balaban J connectivity index is 1.37. The standard InChI is InChI=1S/C29H29N3O3S/c1-17(2)32-24-12-10-21(15-26(24)36-25-8-6-5-7-23(25)29(32)35)30-28(34)20-14-27(33)31(16-20)22-11-9-18(3)19(4)13-22/h5-13,15,17,20H,14,16H2,1-4H3,(H,30,34)/t20-/m1/s1. The van der Waals surface area contributed by atoms with E-state index in [1.54, 1.807) is 9.80 Å². The van der Waals surface area contributed by atoms with Crippen molar-refractivity contribution in [2.24, 2.45) is 5.92 Å². The Morgan fingerprint density at radius 3 is 2.50 bits per heavy atom. The van der Waals surface area contributed by atoms with Gasteiger partial charge in [0.1, 0.15) is 0 Å². The van der Waals surface area contributed by atoms with Crippen molar-refractivity contribution in [1.29, 1.82) is 0 Å². The fourth-order valence-electron chi connectivity index (χ4n) is 4.75. The first-order valence-electron chi connectivity index (χ1n) is 12.2. The number of anilines is 3. The van der Waals surface area contributed by atoms with Gasteiger partial charge in [-0.3, -0.25) is 14.4 Å². The summed E-state index contributed by atoms with van der Waals surface area (Å²) in [5.74, 6) is -0.677. The molecule has 5 rings (SSSR count). The summed E-state index contributed by atoms with van der Waals surface area (Å²) >= 11 is 1.53. The topological polar surface area (TPSA) is 69.7 Å². The van der Waals surface area contributed by atoms with E-state index < -0.39 is 5.92 Å². The predicted molar refractivity (Wildman–Crippen MR) is 144 cm³/mol. The number of amides is 3. The number of hydrogen-bond acceptors (Lipinski definition) is 4. The maximum Gasteiger partial charge on any atom is 0.259 e. The van der Waals surface area contributed by atoms with E-state index in [-0.39, 0.29) is 30.2 Å². The molecule has 2 aliphatic heterocycles. The van der Waals surface area contributed by atoms with Gasteiger partial charge in [0.15, 0.2) is 0 Å². The average molecular weight is 500 g/mol. The predicted octanol–water partition coefficient (Wildman–Crippen LogP) is 5.81. The van der Waals surface area contributed by atoms with Crippen molar-refractivity contribution in [2.75, 3.05) is 21.7 Å². The van der Waals surface area contributed by atoms with Crippen LogP contribution in [0, 0.1) is 19.8 Å². The van der Waals surface area contributed by atoms with E-state index in [0.717, 1.165) is 26.7 Å². The van der Waals surface area contributed by atoms with Gasteiger partial charge in [-0.2, -0.15) is 0 Å². The molecule has 6 nitrogen and oxygen atoms in total. The lowest BCUT2D eigenvalue weighted by Crippen LogP contribution is -2.37. The Labute approximate surface area is 215 Å². The maximum atomic E-state index is 13.3. The third-order valence-corrected chi connectivity index (χ3v) is 7.98. The highest BCUT2D eigenvalue weighted by Gasteiger charge is 2.35. The number of rotatable bonds is 4. The van der Waals surface area contributed by atoms with Crippen LogP contribution in [-0.4, -0.2) is 30.3 Å². The van der Waals surface area contributed by atoms with Crippen LogP contribution in [0.5, 0.6) is 0 Å². The Bertz CT molecular complexity index is 1380. The van der Waals surface area contributed by atoms with Crippen LogP contribution in [0.3, 0.4) is 0 Å². The molecule has 0 radical (unpaired) electrons. The monoisotopic (exact) mass is 499 g/mol. The third kappa shape index (κ3) is 4.39. The van der Waals surface area contributed by atoms with Crippen LogP contribution in [0.1, 0.15) is 41.8 Å². The van der Waals surface area contributed by atoms with Crippen LogP contribution in [-0.2, 0) is 9.59 Å². The molecule has 7 heteroatoms. The second-order valence-electron chi connectivity index (χ2n) is 9.71. The van der Waals surface area contributed by atoms with E-state index in [2.05, 4.69) is 5.32 Å². The second kappa shape index (κ2) is 9.47. The Hall–Kier alpha value is -3.58. The molecule has 1 fully saturated rings. The fraction of sp³-hybridized carbons (Fsp3) is 0.276. The number of aryl methyl sites for hydroxylation is 2. The molecule has 0 aromatic heterocycles. The minimum Gasteiger partial charge on any atom is -0.326 e. The number of nitrogens with one attached hydrogen (secondary N) is 1. The number of fused-ring (bicyclic) bond motifs is 2. The van der Waals surface area contributed by atoms with Gasteiger partial charge in [-0.05, 0) is 81.3 Å². The fourth-order valence-corrected chi connectivity index (χ4v) is 5.85. The van der Waals surface area contributed by atoms with Gasteiger partial charge in [0.25, 0.3) is 5.91 Å². The molecule has 0 aliphatic carbocycles. The summed E-state index contributed by atoms with van der Waals surface area (Å²) in [5.41, 5.74) is 5.27. The highest BCUT2D eigenvalue weighted by molar-refractivity contribution is 7.99. The van der Waals surface area contributed by atoms with Crippen molar-refractivity contribution >= 4 is 46.5 Å². The number of hydrogen-bond donors (Lipinski definition) is 1. The molecule has 36 heavy (non-hydrogen) atoms. The molecule has 0 unspecified atom stereocenters. The molecule has 0 spiro atoms. The van der Waals surface area contributed by atoms with Gasteiger partial charge in [-0.15, -0.1) is 0 Å². The smallest absolute Gasteiger partial charge is 0.259 e. The van der Waals surface area contributed by atoms with Crippen molar-refractivity contribution in [2.45, 2.75) is 49.9 Å². The Morgan fingerprint density at radius 1 is 0.972 bits per heavy atom. The van der Waals surface area contributed by atoms with E-state index in [9.17, 15) is 14.4 Å². The minimum atomic E-state index is -0.431. The van der Waals surface area contributed by atoms with Gasteiger partial charge >= 0.3 is 0 Å². The largest absolute Gasteiger partial charge is 0.326 e. The molecule has 3 amide bonds. The molecule has 2 heterocycles. The van der Waals surface area contributed by atoms with Crippen molar-refractivity contribution in [1.82, 2.24) is 0 Å². The van der Waals surface area contributed by atoms with Crippen LogP contribution < -0.4 is 15.1 Å². The molecule has 3 aromatic rings. The number of benzene rings is 3. The lowest BCUT2D eigenvalue weighted by molar-refractivity contribution is -0.122. The minimum absolute atomic E-state index is 0.0238. The molecular weight excluding hydrogens is 470 g/mol. The lowest BCUT2D eigenvalue weighted by Gasteiger charge is -2.27. The van der Waals surface area contributed by atoms with Gasteiger partial charge in [0.05, 0.1) is 17.2 Å². The molecule has 1 saturated heterocycles. The zero-order valence-electron chi connectivity index (χ0n) is 20.9. The van der Waals surface area contributed by atoms with E-state index in [1.807, 2.05) is 88.4 Å². The number of carbonyl (C=O) groups is 3. The molecular formula is C29H29N3O3S. The first-order valence-corrected chi connectivity index (χ1v) is 13.0. The summed E-state index contributed by atoms with van der Waals surface area (Å²) in [4.78, 5) is 44.5. The van der Waals surface area contributed by atoms with Crippen molar-refractivity contribution in [3.8, 4) is 0 Å². The number of carbonyl (C=O) groups excluding carboxylic acids is 3. The molecule has 1 atom stereocenters. The van der Waals surface area contributed by atoms with Gasteiger partial charge in [-0.1, -0.05) is 30.0 Å². The summed E-state index contributed by atoms with van der Waals surface area (Å²) in [6.07, 6.45) is 0.182. The summed E-state index contributed by atoms with van der Waals surface area (Å²) in [6.45, 7) is 8.40. The summed E-state index contributed by atoms with van der Waals surface area (Å²) < 4.78 is 0. The first-order chi connectivity index (χ1) is 17.2. The maximum absolute atomic E-state index is 13.3. The van der Waals surface area contributed by atoms with E-state index in [0.29, 0.717) is 17.8 Å². The molecule has 2 aliphatic rings. The zero-order chi connectivity index (χ0) is 25.6. The first kappa shape index (κ1) is 24.1. The van der Waals surface area contributed by atoms with Gasteiger partial charge < -0.3 is 15.1 Å². The second-order valence-corrected chi connectivity index (χ2v) is 10.8. The molecule has 0 saturated carbocycles. The van der Waals surface area contributed by atoms with Crippen LogP contribution in [0.15, 0.2) is 70.5 Å². The van der Waals surface area contributed by atoms with E-state index in [1.165, 1.54) is 17.3 Å². The van der Waals surface area contributed by atoms with Crippen LogP contribution in [0.4, 0.5) is 17.1 Å². The summed E-state index contributed by atoms with van der Waals surface area (Å²) in [6, 6.07) is 19.1. The van der Waals surface area contributed by atoms with Crippen molar-refractivity contribution in [3.05, 3.63) is 77.4 Å². The van der Waals surface area contributed by atoms with E-state index in [4.69, 9.17) is 0 Å². The summed E-state index contributed by atoms with van der Waals surface area (Å²) in [5, 5.41) is 3.01. The van der Waals surface area contributed by atoms with Crippen LogP contribution in [0.25, 0.3) is 0 Å². The molecule has 1 N–H and O–H groups in total. The van der Waals surface area contributed by atoms with Gasteiger partial charge in [0, 0.05) is 40.2 Å². The normalized spacial score (nSPS) is 17.2. The molecule has 3 aromatic carbocycles. The third-order valence-electron chi connectivity index (χ3n) is 6.86. The van der Waals surface area contributed by atoms with Crippen LogP contribution in [0.2, 0.25) is 0 Å². The Kier molecular flexibility index (Phi) is 6.35. The SMILES string of the molecule is Cc1ccc(N2C[C@H](C(=O)Nc3ccc4c(c3)Sc3ccccc3C(=O)N4C(C)C)CC2=O)cc1C. The number of nitrogens with zero attached hydrogens (tertiary/aromatic N) is 2. The van der Waals surface area contributed by atoms with Gasteiger partial charge in [-0.25, -0.2) is 0 Å². The molecule has 0 bridgehead atoms. The highest BCUT2D eigenvalue weighted by atomic mass is 32.2. The highest BCUT2D eigenvalue weighted by Crippen LogP contribution is 2.43. The lowest BCUT2D eigenvalue weighted by atomic mass is 10.1. The van der Waals surface area contributed by atoms with Crippen molar-refractivity contribution in [3.63, 3.8) is 0 Å². The van der Waals surface area contributed by atoms with Gasteiger partial charge in [0.2, 0.25) is 11.8 Å². The van der Waals surface area contributed by atoms with E-state index >= 15 is 0 Å². The average Bonchev–Trinajstić information content (AvgIpc) is 3.18. The Morgan fingerprint density at radius 2 is 1.75 bits per heavy atom.